The Morgan fingerprint density at radius 2 is 2.13 bits per heavy atom. The molecule has 82 valence electrons. The number of hydrogen-bond donors (Lipinski definition) is 1. The Morgan fingerprint density at radius 1 is 1.40 bits per heavy atom. The quantitative estimate of drug-likeness (QED) is 0.808. The fraction of sp³-hybridized carbons (Fsp3) is 0.500. The van der Waals surface area contributed by atoms with Crippen LogP contribution in [0, 0.1) is 0 Å². The highest BCUT2D eigenvalue weighted by atomic mass is 32.2. The predicted molar refractivity (Wildman–Crippen MR) is 59.4 cm³/mol. The maximum absolute atomic E-state index is 11.2. The monoisotopic (exact) mass is 245 g/mol. The van der Waals surface area contributed by atoms with Crippen molar-refractivity contribution in [2.24, 2.45) is 0 Å². The van der Waals surface area contributed by atoms with E-state index < -0.39 is 9.84 Å². The maximum atomic E-state index is 11.2. The van der Waals surface area contributed by atoms with Gasteiger partial charge in [0, 0.05) is 17.6 Å². The third kappa shape index (κ3) is 2.60. The van der Waals surface area contributed by atoms with E-state index in [2.05, 4.69) is 9.97 Å². The molecule has 0 aromatic carbocycles. The zero-order chi connectivity index (χ0) is 10.9. The van der Waals surface area contributed by atoms with Crippen LogP contribution in [0.1, 0.15) is 6.42 Å². The summed E-state index contributed by atoms with van der Waals surface area (Å²) in [5, 5.41) is 0.689. The van der Waals surface area contributed by atoms with Crippen LogP contribution in [-0.4, -0.2) is 35.1 Å². The number of sulfone groups is 1. The summed E-state index contributed by atoms with van der Waals surface area (Å²) in [6.45, 7) is 0. The summed E-state index contributed by atoms with van der Waals surface area (Å²) < 4.78 is 22.5. The van der Waals surface area contributed by atoms with Gasteiger partial charge in [-0.1, -0.05) is 11.8 Å². The first-order valence-corrected chi connectivity index (χ1v) is 7.20. The van der Waals surface area contributed by atoms with E-state index in [0.29, 0.717) is 17.3 Å². The van der Waals surface area contributed by atoms with Crippen LogP contribution in [0.4, 0.5) is 5.82 Å². The highest BCUT2D eigenvalue weighted by Crippen LogP contribution is 2.31. The minimum atomic E-state index is -2.84. The van der Waals surface area contributed by atoms with Crippen LogP contribution in [0.25, 0.3) is 0 Å². The second-order valence-corrected chi connectivity index (χ2v) is 6.91. The fourth-order valence-electron chi connectivity index (χ4n) is 1.44. The number of aromatic nitrogens is 2. The molecule has 1 aromatic heterocycles. The number of nitrogens with zero attached hydrogens (tertiary/aromatic N) is 2. The topological polar surface area (TPSA) is 85.9 Å². The highest BCUT2D eigenvalue weighted by Gasteiger charge is 2.29. The molecule has 2 heterocycles. The van der Waals surface area contributed by atoms with Crippen LogP contribution in [0.3, 0.4) is 0 Å². The minimum Gasteiger partial charge on any atom is -0.381 e. The molecule has 5 nitrogen and oxygen atoms in total. The Balaban J connectivity index is 2.08. The van der Waals surface area contributed by atoms with E-state index in [1.165, 1.54) is 18.0 Å². The van der Waals surface area contributed by atoms with Crippen LogP contribution in [0.5, 0.6) is 0 Å². The molecule has 0 amide bonds. The van der Waals surface area contributed by atoms with E-state index in [1.54, 1.807) is 6.20 Å². The minimum absolute atomic E-state index is 0.0639. The van der Waals surface area contributed by atoms with Gasteiger partial charge < -0.3 is 5.73 Å². The fourth-order valence-corrected chi connectivity index (χ4v) is 4.87. The molecule has 1 aliphatic rings. The standard InChI is InChI=1S/C8H11N3O2S2/c9-7-8(11-3-2-10-7)14-6-1-4-15(12,13)5-6/h2-3,6H,1,4-5H2,(H2,9,10). The molecule has 1 aromatic rings. The summed E-state index contributed by atoms with van der Waals surface area (Å²) in [6.07, 6.45) is 3.75. The lowest BCUT2D eigenvalue weighted by atomic mass is 10.4. The van der Waals surface area contributed by atoms with Crippen molar-refractivity contribution in [1.82, 2.24) is 9.97 Å². The summed E-state index contributed by atoms with van der Waals surface area (Å²) >= 11 is 1.40. The highest BCUT2D eigenvalue weighted by molar-refractivity contribution is 8.01. The largest absolute Gasteiger partial charge is 0.381 e. The average molecular weight is 245 g/mol. The van der Waals surface area contributed by atoms with Gasteiger partial charge in [0.15, 0.2) is 15.7 Å². The first-order valence-electron chi connectivity index (χ1n) is 4.50. The van der Waals surface area contributed by atoms with Gasteiger partial charge in [0.05, 0.1) is 11.5 Å². The van der Waals surface area contributed by atoms with Crippen LogP contribution >= 0.6 is 11.8 Å². The van der Waals surface area contributed by atoms with Crippen LogP contribution in [0.15, 0.2) is 17.4 Å². The summed E-state index contributed by atoms with van der Waals surface area (Å²) in [6, 6.07) is 0. The second kappa shape index (κ2) is 3.97. The number of rotatable bonds is 2. The predicted octanol–water partition coefficient (Wildman–Crippen LogP) is 0.338. The molecular weight excluding hydrogens is 234 g/mol. The smallest absolute Gasteiger partial charge is 0.156 e. The van der Waals surface area contributed by atoms with Crippen molar-refractivity contribution in [2.75, 3.05) is 17.2 Å². The van der Waals surface area contributed by atoms with Gasteiger partial charge in [-0.2, -0.15) is 0 Å². The van der Waals surface area contributed by atoms with Gasteiger partial charge in [0.1, 0.15) is 5.03 Å². The summed E-state index contributed by atoms with van der Waals surface area (Å²) in [7, 11) is -2.84. The molecule has 1 atom stereocenters. The maximum Gasteiger partial charge on any atom is 0.156 e. The molecule has 7 heteroatoms. The van der Waals surface area contributed by atoms with E-state index in [1.807, 2.05) is 0 Å². The molecule has 0 spiro atoms. The van der Waals surface area contributed by atoms with Crippen LogP contribution < -0.4 is 5.73 Å². The third-order valence-electron chi connectivity index (χ3n) is 2.16. The molecule has 1 unspecified atom stereocenters. The normalized spacial score (nSPS) is 24.1. The average Bonchev–Trinajstić information content (AvgIpc) is 2.50. The SMILES string of the molecule is Nc1nccnc1SC1CCS(=O)(=O)C1. The molecular formula is C8H11N3O2S2. The molecule has 15 heavy (non-hydrogen) atoms. The lowest BCUT2D eigenvalue weighted by molar-refractivity contribution is 0.602. The van der Waals surface area contributed by atoms with Crippen molar-refractivity contribution >= 4 is 27.4 Å². The lowest BCUT2D eigenvalue weighted by Gasteiger charge is -2.07. The molecule has 1 saturated heterocycles. The van der Waals surface area contributed by atoms with E-state index >= 15 is 0 Å². The van der Waals surface area contributed by atoms with Gasteiger partial charge in [0.25, 0.3) is 0 Å². The molecule has 1 aliphatic heterocycles. The number of nitrogens with two attached hydrogens (primary N) is 1. The van der Waals surface area contributed by atoms with Crippen molar-refractivity contribution in [3.05, 3.63) is 12.4 Å². The zero-order valence-corrected chi connectivity index (χ0v) is 9.59. The molecule has 0 aliphatic carbocycles. The van der Waals surface area contributed by atoms with Crippen molar-refractivity contribution in [1.29, 1.82) is 0 Å². The van der Waals surface area contributed by atoms with Crippen molar-refractivity contribution in [3.8, 4) is 0 Å². The van der Waals surface area contributed by atoms with Crippen molar-refractivity contribution in [3.63, 3.8) is 0 Å². The Kier molecular flexibility index (Phi) is 2.83. The van der Waals surface area contributed by atoms with Gasteiger partial charge in [-0.05, 0) is 6.42 Å². The molecule has 0 saturated carbocycles. The molecule has 1 fully saturated rings. The van der Waals surface area contributed by atoms with Crippen molar-refractivity contribution in [2.45, 2.75) is 16.7 Å². The Labute approximate surface area is 92.4 Å². The zero-order valence-electron chi connectivity index (χ0n) is 7.96. The Morgan fingerprint density at radius 3 is 2.73 bits per heavy atom. The number of anilines is 1. The second-order valence-electron chi connectivity index (χ2n) is 3.39. The first kappa shape index (κ1) is 10.7. The van der Waals surface area contributed by atoms with Gasteiger partial charge in [-0.25, -0.2) is 18.4 Å². The van der Waals surface area contributed by atoms with E-state index in [4.69, 9.17) is 5.73 Å². The summed E-state index contributed by atoms with van der Waals surface area (Å²) in [5.74, 6) is 0.852. The first-order chi connectivity index (χ1) is 7.07. The molecule has 2 rings (SSSR count). The number of nitrogen functional groups attached to an aromatic ring is 1. The van der Waals surface area contributed by atoms with Gasteiger partial charge in [-0.3, -0.25) is 0 Å². The van der Waals surface area contributed by atoms with Gasteiger partial charge in [0.2, 0.25) is 0 Å². The summed E-state index contributed by atoms with van der Waals surface area (Å²) in [5.41, 5.74) is 5.62. The molecule has 0 radical (unpaired) electrons. The summed E-state index contributed by atoms with van der Waals surface area (Å²) in [4.78, 5) is 7.97. The Bertz CT molecular complexity index is 461. The van der Waals surface area contributed by atoms with E-state index in [-0.39, 0.29) is 16.8 Å². The number of thioether (sulfide) groups is 1. The van der Waals surface area contributed by atoms with Crippen LogP contribution in [0.2, 0.25) is 0 Å². The molecule has 2 N–H and O–H groups in total. The number of hydrogen-bond acceptors (Lipinski definition) is 6. The van der Waals surface area contributed by atoms with E-state index in [9.17, 15) is 8.42 Å². The van der Waals surface area contributed by atoms with Crippen LogP contribution in [-0.2, 0) is 9.84 Å². The molecule has 0 bridgehead atoms. The Hall–Kier alpha value is -0.820. The van der Waals surface area contributed by atoms with Gasteiger partial charge in [-0.15, -0.1) is 0 Å². The van der Waals surface area contributed by atoms with Gasteiger partial charge >= 0.3 is 0 Å². The van der Waals surface area contributed by atoms with Crippen molar-refractivity contribution < 1.29 is 8.42 Å². The third-order valence-corrected chi connectivity index (χ3v) is 5.41. The lowest BCUT2D eigenvalue weighted by Crippen LogP contribution is -2.07. The van der Waals surface area contributed by atoms with E-state index in [0.717, 1.165) is 0 Å².